The minimum atomic E-state index is -4.38. The lowest BCUT2D eigenvalue weighted by molar-refractivity contribution is -0.385. The number of nitro benzene ring substituents is 1. The van der Waals surface area contributed by atoms with Gasteiger partial charge in [0.15, 0.2) is 0 Å². The van der Waals surface area contributed by atoms with Gasteiger partial charge < -0.3 is 4.74 Å². The van der Waals surface area contributed by atoms with Crippen LogP contribution < -0.4 is 0 Å². The van der Waals surface area contributed by atoms with Crippen LogP contribution in [0.4, 0.5) is 5.69 Å². The molecule has 8 heteroatoms. The monoisotopic (exact) mass is 273 g/mol. The number of ether oxygens (including phenoxy) is 1. The Morgan fingerprint density at radius 2 is 2.17 bits per heavy atom. The number of nitro groups is 1. The van der Waals surface area contributed by atoms with Gasteiger partial charge in [-0.2, -0.15) is 8.42 Å². The first-order valence-corrected chi connectivity index (χ1v) is 6.60. The molecule has 0 bridgehead atoms. The largest absolute Gasteiger partial charge is 0.373 e. The number of epoxide rings is 1. The topological polar surface area (TPSA) is 110 Å². The van der Waals surface area contributed by atoms with Crippen molar-refractivity contribution in [3.8, 4) is 0 Å². The molecule has 7 nitrogen and oxygen atoms in total. The third kappa shape index (κ3) is 2.50. The fraction of sp³-hybridized carbons (Fsp3) is 0.400. The molecule has 0 radical (unpaired) electrons. The van der Waals surface area contributed by atoms with Crippen molar-refractivity contribution in [1.29, 1.82) is 0 Å². The molecule has 1 saturated heterocycles. The van der Waals surface area contributed by atoms with Crippen molar-refractivity contribution in [2.24, 2.45) is 0 Å². The molecular formula is C10H11NO6S. The molecule has 0 amide bonds. The summed E-state index contributed by atoms with van der Waals surface area (Å²) in [6, 6.07) is 2.13. The maximum atomic E-state index is 11.1. The van der Waals surface area contributed by atoms with Crippen LogP contribution >= 0.6 is 0 Å². The van der Waals surface area contributed by atoms with Gasteiger partial charge in [0.25, 0.3) is 15.8 Å². The molecule has 0 spiro atoms. The number of hydrogen-bond acceptors (Lipinski definition) is 5. The molecule has 1 aliphatic rings. The van der Waals surface area contributed by atoms with Crippen molar-refractivity contribution < 1.29 is 22.6 Å². The molecule has 18 heavy (non-hydrogen) atoms. The SMILES string of the molecule is Cc1c(S(=O)(=O)O)ccc([N+](=O)[O-])c1C[C@H]1CO1. The number of rotatable bonds is 4. The Bertz CT molecular complexity index is 605. The van der Waals surface area contributed by atoms with Crippen LogP contribution in [0.2, 0.25) is 0 Å². The highest BCUT2D eigenvalue weighted by molar-refractivity contribution is 7.85. The van der Waals surface area contributed by atoms with E-state index in [1.807, 2.05) is 0 Å². The van der Waals surface area contributed by atoms with Gasteiger partial charge in [-0.05, 0) is 18.6 Å². The molecule has 1 aliphatic heterocycles. The first-order valence-electron chi connectivity index (χ1n) is 5.16. The molecule has 98 valence electrons. The maximum absolute atomic E-state index is 11.1. The zero-order chi connectivity index (χ0) is 13.5. The Morgan fingerprint density at radius 3 is 2.61 bits per heavy atom. The quantitative estimate of drug-likeness (QED) is 0.380. The predicted molar refractivity (Wildman–Crippen MR) is 61.1 cm³/mol. The van der Waals surface area contributed by atoms with Crippen molar-refractivity contribution in [3.05, 3.63) is 33.4 Å². The Balaban J connectivity index is 2.59. The lowest BCUT2D eigenvalue weighted by Crippen LogP contribution is -2.08. The normalized spacial score (nSPS) is 18.7. The summed E-state index contributed by atoms with van der Waals surface area (Å²) in [5.74, 6) is 0. The first kappa shape index (κ1) is 12.9. The zero-order valence-electron chi connectivity index (χ0n) is 9.49. The standard InChI is InChI=1S/C10H11NO6S/c1-6-8(4-7-5-17-7)9(11(12)13)2-3-10(6)18(14,15)16/h2-3,7H,4-5H2,1H3,(H,14,15,16)/t7-/m0/s1. The molecule has 1 heterocycles. The Morgan fingerprint density at radius 1 is 1.56 bits per heavy atom. The van der Waals surface area contributed by atoms with Crippen molar-refractivity contribution in [2.45, 2.75) is 24.3 Å². The van der Waals surface area contributed by atoms with Gasteiger partial charge in [0.05, 0.1) is 22.5 Å². The zero-order valence-corrected chi connectivity index (χ0v) is 10.3. The fourth-order valence-electron chi connectivity index (χ4n) is 1.84. The molecule has 1 atom stereocenters. The summed E-state index contributed by atoms with van der Waals surface area (Å²) in [5.41, 5.74) is 0.329. The Labute approximate surface area is 103 Å². The molecule has 1 N–H and O–H groups in total. The first-order chi connectivity index (χ1) is 8.30. The van der Waals surface area contributed by atoms with E-state index in [9.17, 15) is 18.5 Å². The van der Waals surface area contributed by atoms with Gasteiger partial charge in [0.1, 0.15) is 0 Å². The summed E-state index contributed by atoms with van der Waals surface area (Å²) >= 11 is 0. The fourth-order valence-corrected chi connectivity index (χ4v) is 2.59. The van der Waals surface area contributed by atoms with Crippen LogP contribution in [-0.4, -0.2) is 30.6 Å². The third-order valence-electron chi connectivity index (χ3n) is 2.83. The molecule has 1 aromatic rings. The van der Waals surface area contributed by atoms with Crippen LogP contribution in [0.15, 0.2) is 17.0 Å². The number of nitrogens with zero attached hydrogens (tertiary/aromatic N) is 1. The van der Waals surface area contributed by atoms with Gasteiger partial charge in [-0.15, -0.1) is 0 Å². The smallest absolute Gasteiger partial charge is 0.294 e. The third-order valence-corrected chi connectivity index (χ3v) is 3.83. The van der Waals surface area contributed by atoms with Gasteiger partial charge in [0.2, 0.25) is 0 Å². The molecule has 0 aromatic heterocycles. The Kier molecular flexibility index (Phi) is 3.09. The highest BCUT2D eigenvalue weighted by Gasteiger charge is 2.30. The summed E-state index contributed by atoms with van der Waals surface area (Å²) in [7, 11) is -4.38. The van der Waals surface area contributed by atoms with Gasteiger partial charge in [-0.25, -0.2) is 0 Å². The number of benzene rings is 1. The van der Waals surface area contributed by atoms with E-state index in [0.29, 0.717) is 6.61 Å². The lowest BCUT2D eigenvalue weighted by atomic mass is 10.0. The van der Waals surface area contributed by atoms with Crippen molar-refractivity contribution >= 4 is 15.8 Å². The predicted octanol–water partition coefficient (Wildman–Crippen LogP) is 1.09. The van der Waals surface area contributed by atoms with Crippen LogP contribution in [0.25, 0.3) is 0 Å². The average molecular weight is 273 g/mol. The summed E-state index contributed by atoms with van der Waals surface area (Å²) < 4.78 is 36.3. The van der Waals surface area contributed by atoms with Crippen LogP contribution in [0.1, 0.15) is 11.1 Å². The minimum Gasteiger partial charge on any atom is -0.373 e. The van der Waals surface area contributed by atoms with Crippen molar-refractivity contribution in [2.75, 3.05) is 6.61 Å². The molecular weight excluding hydrogens is 262 g/mol. The van der Waals surface area contributed by atoms with E-state index >= 15 is 0 Å². The van der Waals surface area contributed by atoms with Gasteiger partial charge in [-0.3, -0.25) is 14.7 Å². The van der Waals surface area contributed by atoms with Crippen LogP contribution in [0.3, 0.4) is 0 Å². The highest BCUT2D eigenvalue weighted by atomic mass is 32.2. The summed E-state index contributed by atoms with van der Waals surface area (Å²) in [6.45, 7) is 1.94. The van der Waals surface area contributed by atoms with Gasteiger partial charge >= 0.3 is 0 Å². The van der Waals surface area contributed by atoms with Crippen LogP contribution in [0, 0.1) is 17.0 Å². The lowest BCUT2D eigenvalue weighted by Gasteiger charge is -2.09. The van der Waals surface area contributed by atoms with E-state index in [1.54, 1.807) is 0 Å². The van der Waals surface area contributed by atoms with E-state index in [-0.39, 0.29) is 34.2 Å². The second-order valence-electron chi connectivity index (χ2n) is 4.08. The molecule has 1 fully saturated rings. The van der Waals surface area contributed by atoms with E-state index in [0.717, 1.165) is 12.1 Å². The molecule has 0 saturated carbocycles. The van der Waals surface area contributed by atoms with E-state index < -0.39 is 15.0 Å². The van der Waals surface area contributed by atoms with Crippen molar-refractivity contribution in [1.82, 2.24) is 0 Å². The van der Waals surface area contributed by atoms with Gasteiger partial charge in [0, 0.05) is 18.1 Å². The van der Waals surface area contributed by atoms with E-state index in [4.69, 9.17) is 9.29 Å². The second kappa shape index (κ2) is 4.30. The second-order valence-corrected chi connectivity index (χ2v) is 5.47. The summed E-state index contributed by atoms with van der Waals surface area (Å²) in [6.07, 6.45) is 0.157. The van der Waals surface area contributed by atoms with E-state index in [1.165, 1.54) is 6.92 Å². The number of hydrogen-bond donors (Lipinski definition) is 1. The Hall–Kier alpha value is -1.51. The average Bonchev–Trinajstić information content (AvgIpc) is 3.02. The van der Waals surface area contributed by atoms with Gasteiger partial charge in [-0.1, -0.05) is 0 Å². The highest BCUT2D eigenvalue weighted by Crippen LogP contribution is 2.31. The molecule has 2 rings (SSSR count). The molecule has 0 unspecified atom stereocenters. The van der Waals surface area contributed by atoms with Crippen LogP contribution in [0.5, 0.6) is 0 Å². The molecule has 1 aromatic carbocycles. The summed E-state index contributed by atoms with van der Waals surface area (Å²) in [5, 5.41) is 10.9. The molecule has 0 aliphatic carbocycles. The van der Waals surface area contributed by atoms with E-state index in [2.05, 4.69) is 0 Å². The van der Waals surface area contributed by atoms with Crippen molar-refractivity contribution in [3.63, 3.8) is 0 Å². The minimum absolute atomic E-state index is 0.112. The maximum Gasteiger partial charge on any atom is 0.294 e. The van der Waals surface area contributed by atoms with Crippen LogP contribution in [-0.2, 0) is 21.3 Å². The summed E-state index contributed by atoms with van der Waals surface area (Å²) in [4.78, 5) is 10.0.